The zero-order valence-corrected chi connectivity index (χ0v) is 8.85. The van der Waals surface area contributed by atoms with Gasteiger partial charge in [-0.25, -0.2) is 0 Å². The summed E-state index contributed by atoms with van der Waals surface area (Å²) < 4.78 is 0. The molecule has 0 amide bonds. The molecular weight excluding hydrogens is 200 g/mol. The minimum Gasteiger partial charge on any atom is -0.393 e. The Hall–Kier alpha value is -0.780. The lowest BCUT2D eigenvalue weighted by Gasteiger charge is -2.23. The number of ketones is 1. The zero-order chi connectivity index (χ0) is 11.9. The molecular formula is C10H18O5. The summed E-state index contributed by atoms with van der Waals surface area (Å²) in [4.78, 5) is 21.7. The van der Waals surface area contributed by atoms with Crippen LogP contribution in [0.15, 0.2) is 0 Å². The van der Waals surface area contributed by atoms with Crippen LogP contribution in [0.3, 0.4) is 0 Å². The van der Waals surface area contributed by atoms with Gasteiger partial charge in [0.2, 0.25) is 0 Å². The monoisotopic (exact) mass is 218 g/mol. The van der Waals surface area contributed by atoms with E-state index in [0.717, 1.165) is 12.8 Å². The molecule has 5 nitrogen and oxygen atoms in total. The van der Waals surface area contributed by atoms with Crippen LogP contribution in [-0.2, 0) is 9.59 Å². The first kappa shape index (κ1) is 14.2. The fourth-order valence-electron chi connectivity index (χ4n) is 1.15. The van der Waals surface area contributed by atoms with Crippen LogP contribution in [0.1, 0.15) is 32.6 Å². The third-order valence-corrected chi connectivity index (χ3v) is 2.26. The van der Waals surface area contributed by atoms with Crippen molar-refractivity contribution in [2.24, 2.45) is 0 Å². The van der Waals surface area contributed by atoms with E-state index in [0.29, 0.717) is 6.42 Å². The van der Waals surface area contributed by atoms with Crippen LogP contribution in [0.25, 0.3) is 0 Å². The molecule has 0 fully saturated rings. The van der Waals surface area contributed by atoms with Crippen LogP contribution >= 0.6 is 0 Å². The Bertz CT molecular complexity index is 216. The van der Waals surface area contributed by atoms with Gasteiger partial charge in [-0.15, -0.1) is 0 Å². The van der Waals surface area contributed by atoms with Crippen LogP contribution in [0, 0.1) is 0 Å². The number of carbonyl (C=O) groups excluding carboxylic acids is 2. The number of hydrogen-bond donors (Lipinski definition) is 3. The van der Waals surface area contributed by atoms with Gasteiger partial charge in [-0.3, -0.25) is 9.59 Å². The number of Topliss-reactive ketones (excluding diaryl/α,β-unsaturated/α-hetero) is 1. The maximum atomic E-state index is 11.3. The van der Waals surface area contributed by atoms with Crippen molar-refractivity contribution in [3.8, 4) is 0 Å². The van der Waals surface area contributed by atoms with E-state index in [2.05, 4.69) is 0 Å². The summed E-state index contributed by atoms with van der Waals surface area (Å²) in [6, 6.07) is 0. The van der Waals surface area contributed by atoms with Gasteiger partial charge in [-0.2, -0.15) is 0 Å². The van der Waals surface area contributed by atoms with Crippen molar-refractivity contribution in [2.75, 3.05) is 6.61 Å². The van der Waals surface area contributed by atoms with Crippen molar-refractivity contribution in [2.45, 2.75) is 44.3 Å². The van der Waals surface area contributed by atoms with E-state index in [-0.39, 0.29) is 12.7 Å². The van der Waals surface area contributed by atoms with Gasteiger partial charge in [-0.05, 0) is 6.42 Å². The van der Waals surface area contributed by atoms with E-state index in [9.17, 15) is 19.8 Å². The first-order valence-electron chi connectivity index (χ1n) is 5.02. The highest BCUT2D eigenvalue weighted by atomic mass is 16.4. The Balaban J connectivity index is 4.23. The summed E-state index contributed by atoms with van der Waals surface area (Å²) in [6.45, 7) is 1.01. The molecule has 0 aromatic heterocycles. The summed E-state index contributed by atoms with van der Waals surface area (Å²) in [7, 11) is 0. The first-order valence-corrected chi connectivity index (χ1v) is 5.02. The Morgan fingerprint density at radius 3 is 2.47 bits per heavy atom. The molecule has 0 saturated heterocycles. The molecule has 0 aliphatic carbocycles. The van der Waals surface area contributed by atoms with E-state index in [4.69, 9.17) is 5.11 Å². The van der Waals surface area contributed by atoms with E-state index in [1.807, 2.05) is 6.92 Å². The lowest BCUT2D eigenvalue weighted by Crippen LogP contribution is -2.51. The van der Waals surface area contributed by atoms with Gasteiger partial charge in [-0.1, -0.05) is 19.8 Å². The van der Waals surface area contributed by atoms with E-state index >= 15 is 0 Å². The summed E-state index contributed by atoms with van der Waals surface area (Å²) in [5, 5.41) is 27.4. The summed E-state index contributed by atoms with van der Waals surface area (Å²) in [5.41, 5.74) is -2.36. The maximum absolute atomic E-state index is 11.3. The Morgan fingerprint density at radius 2 is 2.07 bits per heavy atom. The Kier molecular flexibility index (Phi) is 6.31. The lowest BCUT2D eigenvalue weighted by atomic mass is 9.93. The lowest BCUT2D eigenvalue weighted by molar-refractivity contribution is -0.156. The summed E-state index contributed by atoms with van der Waals surface area (Å²) >= 11 is 0. The van der Waals surface area contributed by atoms with Crippen molar-refractivity contribution < 1.29 is 24.9 Å². The maximum Gasteiger partial charge on any atom is 0.175 e. The minimum absolute atomic E-state index is 0.00458. The molecule has 2 unspecified atom stereocenters. The number of aliphatic hydroxyl groups excluding tert-OH is 2. The molecule has 5 heteroatoms. The molecule has 0 spiro atoms. The highest BCUT2D eigenvalue weighted by molar-refractivity contribution is 5.88. The molecule has 0 radical (unpaired) electrons. The number of aliphatic hydroxyl groups is 3. The van der Waals surface area contributed by atoms with Crippen LogP contribution in [-0.4, -0.2) is 45.7 Å². The molecule has 3 N–H and O–H groups in total. The topological polar surface area (TPSA) is 94.8 Å². The summed E-state index contributed by atoms with van der Waals surface area (Å²) in [6.07, 6.45) is 0.642. The van der Waals surface area contributed by atoms with E-state index in [1.165, 1.54) is 0 Å². The molecule has 0 rings (SSSR count). The molecule has 0 aromatic rings. The quantitative estimate of drug-likeness (QED) is 0.374. The number of hydrogen-bond acceptors (Lipinski definition) is 5. The van der Waals surface area contributed by atoms with Gasteiger partial charge >= 0.3 is 0 Å². The average molecular weight is 218 g/mol. The van der Waals surface area contributed by atoms with Crippen LogP contribution in [0.5, 0.6) is 0 Å². The molecule has 0 aliphatic rings. The van der Waals surface area contributed by atoms with Gasteiger partial charge in [0.25, 0.3) is 0 Å². The first-order chi connectivity index (χ1) is 7.01. The zero-order valence-electron chi connectivity index (χ0n) is 8.85. The third kappa shape index (κ3) is 4.07. The smallest absolute Gasteiger partial charge is 0.175 e. The van der Waals surface area contributed by atoms with Crippen molar-refractivity contribution in [1.29, 1.82) is 0 Å². The fourth-order valence-corrected chi connectivity index (χ4v) is 1.15. The second kappa shape index (κ2) is 6.66. The van der Waals surface area contributed by atoms with Crippen molar-refractivity contribution in [3.63, 3.8) is 0 Å². The predicted molar refractivity (Wildman–Crippen MR) is 53.3 cm³/mol. The molecule has 0 saturated carbocycles. The largest absolute Gasteiger partial charge is 0.393 e. The van der Waals surface area contributed by atoms with E-state index in [1.54, 1.807) is 0 Å². The van der Waals surface area contributed by atoms with Crippen LogP contribution in [0.4, 0.5) is 0 Å². The summed E-state index contributed by atoms with van der Waals surface area (Å²) in [5.74, 6) is -0.618. The normalized spacial score (nSPS) is 16.8. The highest BCUT2D eigenvalue weighted by Gasteiger charge is 2.39. The van der Waals surface area contributed by atoms with Crippen molar-refractivity contribution in [3.05, 3.63) is 0 Å². The SMILES string of the molecule is CCCCCC(=O)C(O)C(O)(C=O)CO. The molecule has 0 bridgehead atoms. The molecule has 15 heavy (non-hydrogen) atoms. The fraction of sp³-hybridized carbons (Fsp3) is 0.800. The molecule has 0 aromatic carbocycles. The molecule has 0 aliphatic heterocycles. The number of unbranched alkanes of at least 4 members (excludes halogenated alkanes) is 2. The van der Waals surface area contributed by atoms with Gasteiger partial charge in [0.1, 0.15) is 6.10 Å². The molecule has 0 heterocycles. The van der Waals surface area contributed by atoms with Crippen molar-refractivity contribution in [1.82, 2.24) is 0 Å². The van der Waals surface area contributed by atoms with Crippen LogP contribution < -0.4 is 0 Å². The Morgan fingerprint density at radius 1 is 1.47 bits per heavy atom. The number of carbonyl (C=O) groups is 2. The minimum atomic E-state index is -2.36. The predicted octanol–water partition coefficient (Wildman–Crippen LogP) is -0.581. The molecule has 88 valence electrons. The van der Waals surface area contributed by atoms with Gasteiger partial charge in [0.15, 0.2) is 17.7 Å². The van der Waals surface area contributed by atoms with Gasteiger partial charge < -0.3 is 15.3 Å². The standard InChI is InChI=1S/C10H18O5/c1-2-3-4-5-8(13)9(14)10(15,6-11)7-12/h6,9,12,14-15H,2-5,7H2,1H3. The second-order valence-electron chi connectivity index (χ2n) is 3.59. The van der Waals surface area contributed by atoms with Crippen molar-refractivity contribution >= 4 is 12.1 Å². The third-order valence-electron chi connectivity index (χ3n) is 2.26. The van der Waals surface area contributed by atoms with Crippen LogP contribution in [0.2, 0.25) is 0 Å². The number of aldehydes is 1. The second-order valence-corrected chi connectivity index (χ2v) is 3.59. The Labute approximate surface area is 88.7 Å². The van der Waals surface area contributed by atoms with Gasteiger partial charge in [0.05, 0.1) is 6.61 Å². The van der Waals surface area contributed by atoms with E-state index < -0.39 is 24.1 Å². The average Bonchev–Trinajstić information content (AvgIpc) is 2.27. The molecule has 2 atom stereocenters. The number of rotatable bonds is 8. The van der Waals surface area contributed by atoms with Gasteiger partial charge in [0, 0.05) is 6.42 Å². The highest BCUT2D eigenvalue weighted by Crippen LogP contribution is 2.12.